The average Bonchev–Trinajstić information content (AvgIpc) is 2.52. The zero-order valence-electron chi connectivity index (χ0n) is 12.8. The molecular weight excluding hydrogens is 298 g/mol. The van der Waals surface area contributed by atoms with Gasteiger partial charge in [0, 0.05) is 11.6 Å². The minimum atomic E-state index is -0.524. The number of halogens is 1. The van der Waals surface area contributed by atoms with E-state index in [-0.39, 0.29) is 5.91 Å². The molecule has 0 fully saturated rings. The first-order valence-corrected chi connectivity index (χ1v) is 7.71. The van der Waals surface area contributed by atoms with Gasteiger partial charge in [-0.05, 0) is 37.1 Å². The van der Waals surface area contributed by atoms with Crippen molar-refractivity contribution in [3.8, 4) is 5.75 Å². The normalized spacial score (nSPS) is 11.8. The summed E-state index contributed by atoms with van der Waals surface area (Å²) in [6, 6.07) is 15.1. The van der Waals surface area contributed by atoms with Gasteiger partial charge in [-0.15, -0.1) is 0 Å². The lowest BCUT2D eigenvalue weighted by Crippen LogP contribution is -2.37. The van der Waals surface area contributed by atoms with Gasteiger partial charge in [0.05, 0.1) is 0 Å². The van der Waals surface area contributed by atoms with Crippen LogP contribution in [0.1, 0.15) is 24.5 Å². The summed E-state index contributed by atoms with van der Waals surface area (Å²) in [5.41, 5.74) is 2.27. The summed E-state index contributed by atoms with van der Waals surface area (Å²) in [5.74, 6) is 0.480. The topological polar surface area (TPSA) is 38.3 Å². The number of aryl methyl sites for hydroxylation is 1. The number of amides is 1. The fourth-order valence-corrected chi connectivity index (χ4v) is 2.22. The quantitative estimate of drug-likeness (QED) is 0.870. The minimum absolute atomic E-state index is 0.122. The summed E-state index contributed by atoms with van der Waals surface area (Å²) in [4.78, 5) is 12.2. The number of benzene rings is 2. The third kappa shape index (κ3) is 4.78. The summed E-state index contributed by atoms with van der Waals surface area (Å²) in [6.45, 7) is 4.45. The Morgan fingerprint density at radius 2 is 1.95 bits per heavy atom. The highest BCUT2D eigenvalue weighted by molar-refractivity contribution is 6.30. The molecule has 2 rings (SSSR count). The molecule has 0 spiro atoms. The molecule has 4 heteroatoms. The Morgan fingerprint density at radius 1 is 1.23 bits per heavy atom. The fraction of sp³-hybridized carbons (Fsp3) is 0.278. The van der Waals surface area contributed by atoms with E-state index >= 15 is 0 Å². The van der Waals surface area contributed by atoms with Crippen LogP contribution >= 0.6 is 11.6 Å². The second-order valence-corrected chi connectivity index (χ2v) is 5.61. The fourth-order valence-electron chi connectivity index (χ4n) is 2.04. The molecule has 0 aromatic heterocycles. The molecule has 22 heavy (non-hydrogen) atoms. The number of carbonyl (C=O) groups is 1. The van der Waals surface area contributed by atoms with Gasteiger partial charge in [0.15, 0.2) is 6.10 Å². The maximum atomic E-state index is 12.2. The monoisotopic (exact) mass is 317 g/mol. The smallest absolute Gasteiger partial charge is 0.261 e. The van der Waals surface area contributed by atoms with Gasteiger partial charge in [0.1, 0.15) is 5.75 Å². The Hall–Kier alpha value is -2.00. The summed E-state index contributed by atoms with van der Waals surface area (Å²) >= 11 is 5.92. The zero-order valence-corrected chi connectivity index (χ0v) is 13.6. The van der Waals surface area contributed by atoms with Crippen molar-refractivity contribution in [2.75, 3.05) is 0 Å². The van der Waals surface area contributed by atoms with Gasteiger partial charge in [-0.2, -0.15) is 0 Å². The Labute approximate surface area is 136 Å². The largest absolute Gasteiger partial charge is 0.481 e. The Morgan fingerprint density at radius 3 is 2.59 bits per heavy atom. The lowest BCUT2D eigenvalue weighted by atomic mass is 10.1. The maximum absolute atomic E-state index is 12.2. The van der Waals surface area contributed by atoms with Gasteiger partial charge < -0.3 is 10.1 Å². The number of ether oxygens (including phenoxy) is 1. The van der Waals surface area contributed by atoms with E-state index in [1.165, 1.54) is 5.56 Å². The summed E-state index contributed by atoms with van der Waals surface area (Å²) in [6.07, 6.45) is 0.0654. The second-order valence-electron chi connectivity index (χ2n) is 5.18. The molecule has 2 aromatic rings. The predicted molar refractivity (Wildman–Crippen MR) is 89.2 cm³/mol. The van der Waals surface area contributed by atoms with Crippen LogP contribution in [0.25, 0.3) is 0 Å². The molecule has 1 amide bonds. The molecule has 3 nitrogen and oxygen atoms in total. The highest BCUT2D eigenvalue weighted by Gasteiger charge is 2.18. The van der Waals surface area contributed by atoms with Crippen molar-refractivity contribution >= 4 is 17.5 Å². The Kier molecular flexibility index (Phi) is 5.84. The molecule has 0 unspecified atom stereocenters. The molecule has 0 heterocycles. The van der Waals surface area contributed by atoms with Gasteiger partial charge in [-0.25, -0.2) is 0 Å². The highest BCUT2D eigenvalue weighted by Crippen LogP contribution is 2.19. The van der Waals surface area contributed by atoms with Crippen LogP contribution in [-0.2, 0) is 11.3 Å². The molecular formula is C18H20ClNO2. The predicted octanol–water partition coefficient (Wildman–Crippen LogP) is 4.12. The number of hydrogen-bond donors (Lipinski definition) is 1. The van der Waals surface area contributed by atoms with E-state index in [9.17, 15) is 4.79 Å². The first-order valence-electron chi connectivity index (χ1n) is 7.34. The lowest BCUT2D eigenvalue weighted by molar-refractivity contribution is -0.128. The molecule has 0 bridgehead atoms. The van der Waals surface area contributed by atoms with Gasteiger partial charge in [0.25, 0.3) is 5.91 Å². The van der Waals surface area contributed by atoms with Gasteiger partial charge in [0.2, 0.25) is 0 Å². The maximum Gasteiger partial charge on any atom is 0.261 e. The van der Waals surface area contributed by atoms with E-state index in [0.717, 1.165) is 5.56 Å². The number of nitrogens with one attached hydrogen (secondary N) is 1. The molecule has 0 radical (unpaired) electrons. The molecule has 0 saturated heterocycles. The van der Waals surface area contributed by atoms with E-state index < -0.39 is 6.10 Å². The molecule has 1 atom stereocenters. The minimum Gasteiger partial charge on any atom is -0.481 e. The molecule has 1 N–H and O–H groups in total. The Balaban J connectivity index is 1.92. The van der Waals surface area contributed by atoms with Crippen molar-refractivity contribution in [2.24, 2.45) is 0 Å². The van der Waals surface area contributed by atoms with Crippen LogP contribution in [0.3, 0.4) is 0 Å². The summed E-state index contributed by atoms with van der Waals surface area (Å²) in [5, 5.41) is 3.50. The van der Waals surface area contributed by atoms with Crippen molar-refractivity contribution in [1.29, 1.82) is 0 Å². The molecule has 0 saturated carbocycles. The lowest BCUT2D eigenvalue weighted by Gasteiger charge is -2.17. The van der Waals surface area contributed by atoms with E-state index in [1.807, 2.05) is 38.1 Å². The SMILES string of the molecule is CC[C@H](Oc1cccc(Cl)c1)C(=O)NCc1ccc(C)cc1. The van der Waals surface area contributed by atoms with Crippen LogP contribution in [0.5, 0.6) is 5.75 Å². The van der Waals surface area contributed by atoms with Crippen molar-refractivity contribution in [1.82, 2.24) is 5.32 Å². The summed E-state index contributed by atoms with van der Waals surface area (Å²) < 4.78 is 5.72. The van der Waals surface area contributed by atoms with Crippen LogP contribution in [0, 0.1) is 6.92 Å². The molecule has 116 valence electrons. The van der Waals surface area contributed by atoms with E-state index in [1.54, 1.807) is 24.3 Å². The first kappa shape index (κ1) is 16.4. The molecule has 2 aromatic carbocycles. The first-order chi connectivity index (χ1) is 10.6. The molecule has 0 aliphatic heterocycles. The number of carbonyl (C=O) groups excluding carboxylic acids is 1. The number of hydrogen-bond acceptors (Lipinski definition) is 2. The highest BCUT2D eigenvalue weighted by atomic mass is 35.5. The van der Waals surface area contributed by atoms with E-state index in [2.05, 4.69) is 5.32 Å². The standard InChI is InChI=1S/C18H20ClNO2/c1-3-17(22-16-6-4-5-15(19)11-16)18(21)20-12-14-9-7-13(2)8-10-14/h4-11,17H,3,12H2,1-2H3,(H,20,21)/t17-/m0/s1. The van der Waals surface area contributed by atoms with Crippen molar-refractivity contribution in [3.63, 3.8) is 0 Å². The van der Waals surface area contributed by atoms with E-state index in [0.29, 0.717) is 23.7 Å². The van der Waals surface area contributed by atoms with Crippen molar-refractivity contribution < 1.29 is 9.53 Å². The van der Waals surface area contributed by atoms with E-state index in [4.69, 9.17) is 16.3 Å². The second kappa shape index (κ2) is 7.85. The van der Waals surface area contributed by atoms with Crippen molar-refractivity contribution in [3.05, 3.63) is 64.7 Å². The number of rotatable bonds is 6. The van der Waals surface area contributed by atoms with Crippen LogP contribution < -0.4 is 10.1 Å². The van der Waals surface area contributed by atoms with Crippen LogP contribution in [0.15, 0.2) is 48.5 Å². The third-order valence-electron chi connectivity index (χ3n) is 3.32. The van der Waals surface area contributed by atoms with Gasteiger partial charge in [-0.1, -0.05) is 54.4 Å². The van der Waals surface area contributed by atoms with Gasteiger partial charge >= 0.3 is 0 Å². The molecule has 0 aliphatic carbocycles. The van der Waals surface area contributed by atoms with Crippen molar-refractivity contribution in [2.45, 2.75) is 32.9 Å². The Bertz CT molecular complexity index is 625. The van der Waals surface area contributed by atoms with Crippen LogP contribution in [0.4, 0.5) is 0 Å². The third-order valence-corrected chi connectivity index (χ3v) is 3.56. The zero-order chi connectivity index (χ0) is 15.9. The average molecular weight is 318 g/mol. The summed E-state index contributed by atoms with van der Waals surface area (Å²) in [7, 11) is 0. The molecule has 0 aliphatic rings. The van der Waals surface area contributed by atoms with Crippen LogP contribution in [0.2, 0.25) is 5.02 Å². The van der Waals surface area contributed by atoms with Gasteiger partial charge in [-0.3, -0.25) is 4.79 Å². The van der Waals surface area contributed by atoms with Crippen LogP contribution in [-0.4, -0.2) is 12.0 Å².